The third-order valence-electron chi connectivity index (χ3n) is 3.09. The molecule has 2 N–H and O–H groups in total. The van der Waals surface area contributed by atoms with Crippen LogP contribution in [-0.4, -0.2) is 30.3 Å². The first-order chi connectivity index (χ1) is 10.0. The van der Waals surface area contributed by atoms with Crippen LogP contribution in [0.3, 0.4) is 0 Å². The fraction of sp³-hybridized carbons (Fsp3) is 0.533. The highest BCUT2D eigenvalue weighted by molar-refractivity contribution is 9.09. The van der Waals surface area contributed by atoms with Gasteiger partial charge in [-0.25, -0.2) is 0 Å². The smallest absolute Gasteiger partial charge is 0.311 e. The molecule has 0 radical (unpaired) electrons. The zero-order valence-electron chi connectivity index (χ0n) is 12.5. The van der Waals surface area contributed by atoms with Gasteiger partial charge < -0.3 is 15.4 Å². The van der Waals surface area contributed by atoms with E-state index >= 15 is 0 Å². The van der Waals surface area contributed by atoms with Crippen LogP contribution in [0.15, 0.2) is 12.1 Å². The highest BCUT2D eigenvalue weighted by Crippen LogP contribution is 2.35. The van der Waals surface area contributed by atoms with Crippen molar-refractivity contribution in [2.75, 3.05) is 34.9 Å². The van der Waals surface area contributed by atoms with Gasteiger partial charge in [0.05, 0.1) is 11.4 Å². The number of halogens is 2. The molecule has 0 aliphatic carbocycles. The Labute approximate surface area is 139 Å². The molecule has 0 atom stereocenters. The summed E-state index contributed by atoms with van der Waals surface area (Å²) in [5, 5.41) is 0.808. The van der Waals surface area contributed by atoms with Crippen molar-refractivity contribution in [2.24, 2.45) is 0 Å². The van der Waals surface area contributed by atoms with Gasteiger partial charge in [0, 0.05) is 30.7 Å². The molecule has 0 aliphatic heterocycles. The monoisotopic (exact) mass is 376 g/mol. The molecule has 0 amide bonds. The number of hydrogen-bond acceptors (Lipinski definition) is 4. The van der Waals surface area contributed by atoms with Crippen molar-refractivity contribution in [1.29, 1.82) is 0 Å². The lowest BCUT2D eigenvalue weighted by Gasteiger charge is -2.26. The van der Waals surface area contributed by atoms with Crippen molar-refractivity contribution in [1.82, 2.24) is 0 Å². The molecule has 0 bridgehead atoms. The van der Waals surface area contributed by atoms with Crippen molar-refractivity contribution in [3.63, 3.8) is 0 Å². The number of benzene rings is 1. The summed E-state index contributed by atoms with van der Waals surface area (Å²) in [6, 6.07) is 3.85. The minimum atomic E-state index is -0.256. The molecule has 118 valence electrons. The van der Waals surface area contributed by atoms with Gasteiger partial charge in [0.1, 0.15) is 0 Å². The van der Waals surface area contributed by atoms with Crippen molar-refractivity contribution < 1.29 is 9.53 Å². The van der Waals surface area contributed by atoms with Crippen LogP contribution < -0.4 is 15.4 Å². The second-order valence-electron chi connectivity index (χ2n) is 4.73. The van der Waals surface area contributed by atoms with Gasteiger partial charge in [0.2, 0.25) is 0 Å². The number of nitrogen functional groups attached to an aromatic ring is 1. The molecule has 6 heteroatoms. The summed E-state index contributed by atoms with van der Waals surface area (Å²) in [5.74, 6) is 0.708. The van der Waals surface area contributed by atoms with Crippen LogP contribution in [0.25, 0.3) is 0 Å². The van der Waals surface area contributed by atoms with E-state index in [9.17, 15) is 4.79 Å². The third-order valence-corrected chi connectivity index (χ3v) is 3.61. The number of hydrogen-bond donors (Lipinski definition) is 1. The van der Waals surface area contributed by atoms with E-state index in [2.05, 4.69) is 20.8 Å². The van der Waals surface area contributed by atoms with E-state index in [1.807, 2.05) is 26.0 Å². The first-order valence-corrected chi connectivity index (χ1v) is 8.67. The molecule has 1 aromatic rings. The summed E-state index contributed by atoms with van der Waals surface area (Å²) in [5.41, 5.74) is 8.40. The largest absolute Gasteiger partial charge is 0.424 e. The van der Waals surface area contributed by atoms with E-state index in [1.54, 1.807) is 0 Å². The van der Waals surface area contributed by atoms with Gasteiger partial charge in [0.25, 0.3) is 0 Å². The lowest BCUT2D eigenvalue weighted by Crippen LogP contribution is -2.28. The van der Waals surface area contributed by atoms with E-state index < -0.39 is 0 Å². The zero-order chi connectivity index (χ0) is 15.8. The van der Waals surface area contributed by atoms with Gasteiger partial charge in [-0.3, -0.25) is 4.79 Å². The summed E-state index contributed by atoms with van der Waals surface area (Å²) < 4.78 is 5.43. The molecule has 0 unspecified atom stereocenters. The Morgan fingerprint density at radius 3 is 2.71 bits per heavy atom. The van der Waals surface area contributed by atoms with Gasteiger partial charge in [-0.2, -0.15) is 0 Å². The lowest BCUT2D eigenvalue weighted by atomic mass is 10.1. The standard InChI is InChI=1S/C15H22BrClN2O2/c1-3-4-13(20)21-15-11(2)5-6-12(14(15)18)19(9-7-16)10-8-17/h5-6H,3-4,7-10,18H2,1-2H3. The summed E-state index contributed by atoms with van der Waals surface area (Å²) in [7, 11) is 0. The second kappa shape index (κ2) is 9.15. The Hall–Kier alpha value is -0.940. The maximum atomic E-state index is 11.7. The number of carbonyl (C=O) groups excluding carboxylic acids is 1. The summed E-state index contributed by atoms with van der Waals surface area (Å²) in [6.45, 7) is 5.28. The number of aryl methyl sites for hydroxylation is 1. The number of rotatable bonds is 8. The normalized spacial score (nSPS) is 10.5. The average Bonchev–Trinajstić information content (AvgIpc) is 2.44. The number of anilines is 2. The average molecular weight is 378 g/mol. The third kappa shape index (κ3) is 5.08. The Kier molecular flexibility index (Phi) is 7.89. The maximum Gasteiger partial charge on any atom is 0.311 e. The van der Waals surface area contributed by atoms with Crippen LogP contribution in [0.2, 0.25) is 0 Å². The van der Waals surface area contributed by atoms with Crippen molar-refractivity contribution in [3.05, 3.63) is 17.7 Å². The van der Waals surface area contributed by atoms with Crippen LogP contribution in [-0.2, 0) is 4.79 Å². The first kappa shape index (κ1) is 18.1. The number of esters is 1. The van der Waals surface area contributed by atoms with Crippen LogP contribution in [0.4, 0.5) is 11.4 Å². The summed E-state index contributed by atoms with van der Waals surface area (Å²) in [6.07, 6.45) is 1.13. The maximum absolute atomic E-state index is 11.7. The fourth-order valence-corrected chi connectivity index (χ4v) is 2.67. The Morgan fingerprint density at radius 2 is 2.14 bits per heavy atom. The quantitative estimate of drug-likeness (QED) is 0.325. The Morgan fingerprint density at radius 1 is 1.43 bits per heavy atom. The SMILES string of the molecule is CCCC(=O)Oc1c(C)ccc(N(CCCl)CCBr)c1N. The lowest BCUT2D eigenvalue weighted by molar-refractivity contribution is -0.134. The van der Waals surface area contributed by atoms with E-state index in [1.165, 1.54) is 0 Å². The first-order valence-electron chi connectivity index (χ1n) is 7.01. The van der Waals surface area contributed by atoms with Gasteiger partial charge in [-0.05, 0) is 25.0 Å². The van der Waals surface area contributed by atoms with Crippen LogP contribution in [0.1, 0.15) is 25.3 Å². The number of carbonyl (C=O) groups is 1. The number of ether oxygens (including phenoxy) is 1. The van der Waals surface area contributed by atoms with Crippen molar-refractivity contribution in [2.45, 2.75) is 26.7 Å². The number of alkyl halides is 2. The summed E-state index contributed by atoms with van der Waals surface area (Å²) >= 11 is 9.27. The fourth-order valence-electron chi connectivity index (χ4n) is 2.04. The highest BCUT2D eigenvalue weighted by Gasteiger charge is 2.17. The summed E-state index contributed by atoms with van der Waals surface area (Å²) in [4.78, 5) is 13.8. The molecule has 0 spiro atoms. The minimum Gasteiger partial charge on any atom is -0.424 e. The van der Waals surface area contributed by atoms with Gasteiger partial charge in [0.15, 0.2) is 5.75 Å². The van der Waals surface area contributed by atoms with Crippen LogP contribution >= 0.6 is 27.5 Å². The van der Waals surface area contributed by atoms with Crippen molar-refractivity contribution in [3.8, 4) is 5.75 Å². The van der Waals surface area contributed by atoms with Crippen LogP contribution in [0.5, 0.6) is 5.75 Å². The molecule has 1 rings (SSSR count). The molecule has 0 heterocycles. The molecule has 1 aromatic carbocycles. The van der Waals surface area contributed by atoms with Gasteiger partial charge >= 0.3 is 5.97 Å². The zero-order valence-corrected chi connectivity index (χ0v) is 14.8. The topological polar surface area (TPSA) is 55.6 Å². The Balaban J connectivity index is 3.09. The molecule has 4 nitrogen and oxygen atoms in total. The molecular formula is C15H22BrClN2O2. The molecule has 0 aromatic heterocycles. The van der Waals surface area contributed by atoms with Gasteiger partial charge in [-0.1, -0.05) is 28.9 Å². The van der Waals surface area contributed by atoms with E-state index in [0.717, 1.165) is 29.5 Å². The predicted octanol–water partition coefficient (Wildman–Crippen LogP) is 3.72. The van der Waals surface area contributed by atoms with Gasteiger partial charge in [-0.15, -0.1) is 11.6 Å². The van der Waals surface area contributed by atoms with E-state index in [-0.39, 0.29) is 5.97 Å². The van der Waals surface area contributed by atoms with Crippen molar-refractivity contribution >= 4 is 44.9 Å². The van der Waals surface area contributed by atoms with Crippen LogP contribution in [0, 0.1) is 6.92 Å². The molecule has 0 saturated heterocycles. The molecular weight excluding hydrogens is 356 g/mol. The van der Waals surface area contributed by atoms with E-state index in [4.69, 9.17) is 22.1 Å². The molecule has 0 saturated carbocycles. The minimum absolute atomic E-state index is 0.256. The second-order valence-corrected chi connectivity index (χ2v) is 5.90. The van der Waals surface area contributed by atoms with E-state index in [0.29, 0.717) is 30.3 Å². The molecule has 21 heavy (non-hydrogen) atoms. The number of nitrogens with zero attached hydrogens (tertiary/aromatic N) is 1. The Bertz CT molecular complexity index is 477. The molecule has 0 fully saturated rings. The highest BCUT2D eigenvalue weighted by atomic mass is 79.9. The number of nitrogens with two attached hydrogens (primary N) is 1. The molecule has 0 aliphatic rings. The predicted molar refractivity (Wildman–Crippen MR) is 92.9 cm³/mol.